The maximum Gasteiger partial charge on any atom is 0.0330 e. The minimum atomic E-state index is 0.609. The van der Waals surface area contributed by atoms with E-state index in [1.165, 1.54) is 11.4 Å². The topological polar surface area (TPSA) is 3.24 Å². The first kappa shape index (κ1) is 15.2. The molecule has 1 unspecified atom stereocenters. The van der Waals surface area contributed by atoms with Gasteiger partial charge in [0.05, 0.1) is 0 Å². The Balaban J connectivity index is 2.59. The molecule has 0 bridgehead atoms. The molecule has 1 aromatic heterocycles. The molecule has 0 aromatic carbocycles. The van der Waals surface area contributed by atoms with Gasteiger partial charge in [-0.1, -0.05) is 35.8 Å². The fourth-order valence-corrected chi connectivity index (χ4v) is 3.48. The van der Waals surface area contributed by atoms with E-state index in [2.05, 4.69) is 66.0 Å². The largest absolute Gasteiger partial charge is 0.296 e. The van der Waals surface area contributed by atoms with Crippen LogP contribution in [0.25, 0.3) is 0 Å². The van der Waals surface area contributed by atoms with Crippen molar-refractivity contribution in [2.75, 3.05) is 11.9 Å². The van der Waals surface area contributed by atoms with Crippen LogP contribution in [-0.4, -0.2) is 22.8 Å². The van der Waals surface area contributed by atoms with Crippen molar-refractivity contribution in [3.63, 3.8) is 0 Å². The van der Waals surface area contributed by atoms with Crippen LogP contribution in [0.5, 0.6) is 0 Å². The van der Waals surface area contributed by atoms with Crippen molar-refractivity contribution in [2.24, 2.45) is 11.8 Å². The van der Waals surface area contributed by atoms with Gasteiger partial charge >= 0.3 is 0 Å². The molecular formula is C14H24BrNS. The second-order valence-electron chi connectivity index (χ2n) is 5.26. The Bertz CT molecular complexity index is 295. The first-order chi connectivity index (χ1) is 8.04. The summed E-state index contributed by atoms with van der Waals surface area (Å²) in [5.74, 6) is 1.47. The first-order valence-electron chi connectivity index (χ1n) is 6.37. The molecule has 0 saturated heterocycles. The molecule has 1 nitrogen and oxygen atoms in total. The van der Waals surface area contributed by atoms with Gasteiger partial charge in [-0.25, -0.2) is 0 Å². The van der Waals surface area contributed by atoms with Gasteiger partial charge in [0.25, 0.3) is 0 Å². The van der Waals surface area contributed by atoms with Gasteiger partial charge in [0, 0.05) is 29.3 Å². The summed E-state index contributed by atoms with van der Waals surface area (Å²) in [7, 11) is 0. The van der Waals surface area contributed by atoms with Gasteiger partial charge in [-0.05, 0) is 37.1 Å². The SMILES string of the molecule is CC(C)C(CBr)CN(Cc1cccs1)C(C)C. The summed E-state index contributed by atoms with van der Waals surface area (Å²) >= 11 is 5.51. The van der Waals surface area contributed by atoms with Crippen molar-refractivity contribution in [2.45, 2.75) is 40.3 Å². The molecule has 0 aliphatic heterocycles. The first-order valence-corrected chi connectivity index (χ1v) is 8.37. The molecule has 3 heteroatoms. The predicted molar refractivity (Wildman–Crippen MR) is 82.0 cm³/mol. The summed E-state index contributed by atoms with van der Waals surface area (Å²) in [5.41, 5.74) is 0. The van der Waals surface area contributed by atoms with Crippen LogP contribution in [0.2, 0.25) is 0 Å². The van der Waals surface area contributed by atoms with Crippen LogP contribution in [-0.2, 0) is 6.54 Å². The molecule has 1 rings (SSSR count). The summed E-state index contributed by atoms with van der Waals surface area (Å²) in [4.78, 5) is 4.05. The fraction of sp³-hybridized carbons (Fsp3) is 0.714. The number of hydrogen-bond acceptors (Lipinski definition) is 2. The van der Waals surface area contributed by atoms with E-state index in [9.17, 15) is 0 Å². The maximum atomic E-state index is 3.65. The van der Waals surface area contributed by atoms with Crippen LogP contribution < -0.4 is 0 Å². The molecule has 0 amide bonds. The highest BCUT2D eigenvalue weighted by molar-refractivity contribution is 9.09. The van der Waals surface area contributed by atoms with E-state index in [-0.39, 0.29) is 0 Å². The van der Waals surface area contributed by atoms with Gasteiger partial charge < -0.3 is 0 Å². The van der Waals surface area contributed by atoms with E-state index >= 15 is 0 Å². The van der Waals surface area contributed by atoms with Crippen molar-refractivity contribution < 1.29 is 0 Å². The molecule has 1 aromatic rings. The smallest absolute Gasteiger partial charge is 0.0330 e. The van der Waals surface area contributed by atoms with Crippen molar-refractivity contribution in [1.29, 1.82) is 0 Å². The van der Waals surface area contributed by atoms with E-state index in [1.807, 2.05) is 11.3 Å². The highest BCUT2D eigenvalue weighted by atomic mass is 79.9. The molecule has 1 heterocycles. The third-order valence-corrected chi connectivity index (χ3v) is 4.97. The lowest BCUT2D eigenvalue weighted by Gasteiger charge is -2.31. The van der Waals surface area contributed by atoms with E-state index in [0.29, 0.717) is 6.04 Å². The third-order valence-electron chi connectivity index (χ3n) is 3.28. The Hall–Kier alpha value is 0.140. The summed E-state index contributed by atoms with van der Waals surface area (Å²) in [6.07, 6.45) is 0. The molecule has 98 valence electrons. The lowest BCUT2D eigenvalue weighted by atomic mass is 9.97. The van der Waals surface area contributed by atoms with Gasteiger partial charge in [-0.15, -0.1) is 11.3 Å². The Kier molecular flexibility index (Phi) is 6.75. The van der Waals surface area contributed by atoms with Crippen molar-refractivity contribution in [1.82, 2.24) is 4.90 Å². The Morgan fingerprint density at radius 2 is 2.00 bits per heavy atom. The second kappa shape index (κ2) is 7.55. The van der Waals surface area contributed by atoms with E-state index in [0.717, 1.165) is 23.7 Å². The van der Waals surface area contributed by atoms with E-state index in [1.54, 1.807) is 0 Å². The van der Waals surface area contributed by atoms with Crippen LogP contribution in [0, 0.1) is 11.8 Å². The number of thiophene rings is 1. The number of nitrogens with zero attached hydrogens (tertiary/aromatic N) is 1. The van der Waals surface area contributed by atoms with Gasteiger partial charge in [-0.3, -0.25) is 4.90 Å². The minimum Gasteiger partial charge on any atom is -0.296 e. The lowest BCUT2D eigenvalue weighted by Crippen LogP contribution is -2.36. The quantitative estimate of drug-likeness (QED) is 0.663. The zero-order valence-electron chi connectivity index (χ0n) is 11.3. The fourth-order valence-electron chi connectivity index (χ4n) is 1.80. The maximum absolute atomic E-state index is 3.65. The highest BCUT2D eigenvalue weighted by Gasteiger charge is 2.19. The van der Waals surface area contributed by atoms with Crippen molar-refractivity contribution in [3.8, 4) is 0 Å². The summed E-state index contributed by atoms with van der Waals surface area (Å²) in [5, 5.41) is 3.26. The molecule has 0 aliphatic rings. The van der Waals surface area contributed by atoms with Crippen LogP contribution in [0.15, 0.2) is 17.5 Å². The van der Waals surface area contributed by atoms with Crippen molar-refractivity contribution >= 4 is 27.3 Å². The molecule has 0 radical (unpaired) electrons. The molecule has 0 spiro atoms. The van der Waals surface area contributed by atoms with Crippen LogP contribution in [0.4, 0.5) is 0 Å². The average molecular weight is 318 g/mol. The second-order valence-corrected chi connectivity index (χ2v) is 6.94. The van der Waals surface area contributed by atoms with Gasteiger partial charge in [0.15, 0.2) is 0 Å². The summed E-state index contributed by atoms with van der Waals surface area (Å²) < 4.78 is 0. The number of alkyl halides is 1. The van der Waals surface area contributed by atoms with Crippen LogP contribution in [0.1, 0.15) is 32.6 Å². The standard InChI is InChI=1S/C14H24BrNS/c1-11(2)13(8-15)9-16(12(3)4)10-14-6-5-7-17-14/h5-7,11-13H,8-10H2,1-4H3. The molecule has 0 aliphatic carbocycles. The van der Waals surface area contributed by atoms with E-state index < -0.39 is 0 Å². The van der Waals surface area contributed by atoms with Crippen LogP contribution in [0.3, 0.4) is 0 Å². The minimum absolute atomic E-state index is 0.609. The normalized spacial score (nSPS) is 13.9. The van der Waals surface area contributed by atoms with Gasteiger partial charge in [0.2, 0.25) is 0 Å². The molecule has 17 heavy (non-hydrogen) atoms. The Morgan fingerprint density at radius 1 is 1.29 bits per heavy atom. The highest BCUT2D eigenvalue weighted by Crippen LogP contribution is 2.20. The zero-order chi connectivity index (χ0) is 12.8. The summed E-state index contributed by atoms with van der Waals surface area (Å²) in [6.45, 7) is 11.5. The zero-order valence-corrected chi connectivity index (χ0v) is 13.7. The Morgan fingerprint density at radius 3 is 2.41 bits per heavy atom. The number of hydrogen-bond donors (Lipinski definition) is 0. The average Bonchev–Trinajstić information content (AvgIpc) is 2.75. The van der Waals surface area contributed by atoms with Crippen molar-refractivity contribution in [3.05, 3.63) is 22.4 Å². The number of rotatable bonds is 7. The lowest BCUT2D eigenvalue weighted by molar-refractivity contribution is 0.169. The molecular weight excluding hydrogens is 294 g/mol. The molecule has 0 fully saturated rings. The predicted octanol–water partition coefficient (Wildman–Crippen LogP) is 4.63. The third kappa shape index (κ3) is 5.11. The van der Waals surface area contributed by atoms with E-state index in [4.69, 9.17) is 0 Å². The molecule has 0 saturated carbocycles. The molecule has 1 atom stereocenters. The number of halogens is 1. The molecule has 0 N–H and O–H groups in total. The monoisotopic (exact) mass is 317 g/mol. The van der Waals surface area contributed by atoms with Gasteiger partial charge in [-0.2, -0.15) is 0 Å². The Labute approximate surface area is 118 Å². The van der Waals surface area contributed by atoms with Crippen LogP contribution >= 0.6 is 27.3 Å². The van der Waals surface area contributed by atoms with Gasteiger partial charge in [0.1, 0.15) is 0 Å². The summed E-state index contributed by atoms with van der Waals surface area (Å²) in [6, 6.07) is 4.99.